The molecule has 8 amide bonds. The zero-order valence-electron chi connectivity index (χ0n) is 39.0. The maximum Gasteiger partial charge on any atom is 0.410 e. The van der Waals surface area contributed by atoms with Crippen molar-refractivity contribution >= 4 is 53.2 Å². The van der Waals surface area contributed by atoms with Crippen molar-refractivity contribution in [1.29, 1.82) is 0 Å². The van der Waals surface area contributed by atoms with Gasteiger partial charge in [-0.15, -0.1) is 0 Å². The average molecular weight is 919 g/mol. The lowest BCUT2D eigenvalue weighted by Gasteiger charge is -2.31. The van der Waals surface area contributed by atoms with Gasteiger partial charge in [0, 0.05) is 39.6 Å². The second-order valence-electron chi connectivity index (χ2n) is 17.9. The number of nitrogens with zero attached hydrogens (tertiary/aromatic N) is 4. The minimum atomic E-state index is -1.34. The van der Waals surface area contributed by atoms with Crippen molar-refractivity contribution in [1.82, 2.24) is 51.7 Å². The summed E-state index contributed by atoms with van der Waals surface area (Å²) in [5.74, 6) is -7.18. The van der Waals surface area contributed by atoms with E-state index >= 15 is 0 Å². The average Bonchev–Trinajstić information content (AvgIpc) is 3.72. The monoisotopic (exact) mass is 918 g/mol. The van der Waals surface area contributed by atoms with Crippen LogP contribution in [-0.4, -0.2) is 136 Å². The highest BCUT2D eigenvalue weighted by molar-refractivity contribution is 6.38. The van der Waals surface area contributed by atoms with Gasteiger partial charge >= 0.3 is 6.09 Å². The molecule has 4 rings (SSSR count). The van der Waals surface area contributed by atoms with Crippen LogP contribution in [0.25, 0.3) is 0 Å². The number of carbonyl (C=O) groups is 9. The van der Waals surface area contributed by atoms with Gasteiger partial charge in [-0.05, 0) is 57.9 Å². The molecular weight excluding hydrogens is 853 g/mol. The number of carbonyl (C=O) groups excluding carboxylic acids is 9. The van der Waals surface area contributed by atoms with Crippen molar-refractivity contribution < 1.29 is 47.9 Å². The number of ether oxygens (including phenoxy) is 1. The largest absolute Gasteiger partial charge is 0.444 e. The third-order valence-corrected chi connectivity index (χ3v) is 11.3. The summed E-state index contributed by atoms with van der Waals surface area (Å²) in [6.07, 6.45) is 8.55. The van der Waals surface area contributed by atoms with E-state index in [0.717, 1.165) is 19.3 Å². The summed E-state index contributed by atoms with van der Waals surface area (Å²) >= 11 is 0. The Morgan fingerprint density at radius 1 is 0.818 bits per heavy atom. The molecule has 0 spiro atoms. The molecule has 2 aromatic rings. The fourth-order valence-electron chi connectivity index (χ4n) is 7.94. The van der Waals surface area contributed by atoms with E-state index < -0.39 is 101 Å². The van der Waals surface area contributed by atoms with Crippen molar-refractivity contribution in [2.75, 3.05) is 33.7 Å². The number of ketones is 1. The molecule has 20 nitrogen and oxygen atoms in total. The predicted molar refractivity (Wildman–Crippen MR) is 241 cm³/mol. The van der Waals surface area contributed by atoms with Crippen molar-refractivity contribution in [3.63, 3.8) is 0 Å². The van der Waals surface area contributed by atoms with Gasteiger partial charge in [-0.1, -0.05) is 76.3 Å². The van der Waals surface area contributed by atoms with Gasteiger partial charge in [-0.2, -0.15) is 0 Å². The SMILES string of the molecule is CCC[C@H](NC(=O)[C@@H](NC(=O)c1cnccn1)C1CCCCC1)C(=O)N[C@H]1CN(C(=O)OC(C)(C)C)C[C@H]1C(=O)N[C@@H](CCC)C(=O)C(=O)NCC(=O)N[C@H](C(=O)N(C)C)c1ccccc1. The highest BCUT2D eigenvalue weighted by Gasteiger charge is 2.44. The summed E-state index contributed by atoms with van der Waals surface area (Å²) in [6, 6.07) is 3.02. The van der Waals surface area contributed by atoms with Crippen LogP contribution in [0.15, 0.2) is 48.9 Å². The Bertz CT molecular complexity index is 2020. The number of aromatic nitrogens is 2. The van der Waals surface area contributed by atoms with Gasteiger partial charge in [0.15, 0.2) is 0 Å². The number of hydrogen-bond acceptors (Lipinski definition) is 12. The van der Waals surface area contributed by atoms with E-state index in [0.29, 0.717) is 31.2 Å². The normalized spacial score (nSPS) is 18.0. The molecule has 2 aliphatic rings. The van der Waals surface area contributed by atoms with Gasteiger partial charge in [0.05, 0.1) is 30.7 Å². The number of Topliss-reactive ketones (excluding diaryl/α,β-unsaturated/α-hetero) is 1. The quantitative estimate of drug-likeness (QED) is 0.104. The highest BCUT2D eigenvalue weighted by atomic mass is 16.6. The zero-order chi connectivity index (χ0) is 48.6. The third kappa shape index (κ3) is 15.3. The van der Waals surface area contributed by atoms with Gasteiger partial charge in [0.25, 0.3) is 11.8 Å². The third-order valence-electron chi connectivity index (χ3n) is 11.3. The van der Waals surface area contributed by atoms with E-state index in [9.17, 15) is 43.2 Å². The molecule has 2 fully saturated rings. The summed E-state index contributed by atoms with van der Waals surface area (Å²) in [5, 5.41) is 16.0. The molecular formula is C46H66N10O10. The standard InChI is InChI=1S/C46H66N10O10/c1-8-16-31(38(58)43(63)49-25-35(57)53-37(44(64)55(6)7)29-20-14-11-15-21-29)50-39(59)30-26-56(45(65)66-46(3,4)5)27-34(30)52-40(60)32(17-9-2)51-42(62)36(28-18-12-10-13-19-28)54-41(61)33-24-47-22-23-48-33/h11,14-15,20-24,28,30-32,34,36-37H,8-10,12-13,16-19,25-27H2,1-7H3,(H,49,63)(H,50,59)(H,51,62)(H,52,60)(H,53,57)(H,54,61)/t30-,31+,32+,34+,36+,37+/m1/s1. The van der Waals surface area contributed by atoms with Crippen LogP contribution < -0.4 is 31.9 Å². The molecule has 0 unspecified atom stereocenters. The van der Waals surface area contributed by atoms with E-state index in [2.05, 4.69) is 41.9 Å². The summed E-state index contributed by atoms with van der Waals surface area (Å²) < 4.78 is 5.58. The van der Waals surface area contributed by atoms with Crippen LogP contribution in [0, 0.1) is 11.8 Å². The Hall–Kier alpha value is -6.47. The fraction of sp³-hybridized carbons (Fsp3) is 0.587. The maximum atomic E-state index is 14.2. The Morgan fingerprint density at radius 3 is 2.09 bits per heavy atom. The first-order valence-corrected chi connectivity index (χ1v) is 22.7. The first-order chi connectivity index (χ1) is 31.3. The van der Waals surface area contributed by atoms with Crippen LogP contribution >= 0.6 is 0 Å². The Kier molecular flexibility index (Phi) is 19.5. The second kappa shape index (κ2) is 24.7. The molecule has 1 aliphatic heterocycles. The Labute approximate surface area is 385 Å². The number of nitrogens with one attached hydrogen (secondary N) is 6. The molecule has 1 aliphatic carbocycles. The van der Waals surface area contributed by atoms with Crippen molar-refractivity contribution in [2.24, 2.45) is 11.8 Å². The van der Waals surface area contributed by atoms with E-state index in [1.54, 1.807) is 58.0 Å². The molecule has 1 saturated carbocycles. The van der Waals surface area contributed by atoms with Crippen LogP contribution in [0.1, 0.15) is 114 Å². The molecule has 6 atom stereocenters. The van der Waals surface area contributed by atoms with E-state index in [1.165, 1.54) is 42.5 Å². The Balaban J connectivity index is 1.48. The number of benzene rings is 1. The molecule has 1 saturated heterocycles. The summed E-state index contributed by atoms with van der Waals surface area (Å²) in [5.41, 5.74) is -0.344. The molecule has 0 radical (unpaired) electrons. The van der Waals surface area contributed by atoms with Gasteiger partial charge in [0.2, 0.25) is 35.3 Å². The molecule has 20 heteroatoms. The number of likely N-dealkylation sites (N-methyl/N-ethyl adjacent to an activating group) is 1. The second-order valence-corrected chi connectivity index (χ2v) is 17.9. The first kappa shape index (κ1) is 52.2. The number of likely N-dealkylation sites (tertiary alicyclic amines) is 1. The molecule has 1 aromatic carbocycles. The van der Waals surface area contributed by atoms with Gasteiger partial charge in [-0.3, -0.25) is 43.3 Å². The maximum absolute atomic E-state index is 14.2. The minimum absolute atomic E-state index is 0.0343. The van der Waals surface area contributed by atoms with Crippen LogP contribution in [0.3, 0.4) is 0 Å². The fourth-order valence-corrected chi connectivity index (χ4v) is 7.94. The van der Waals surface area contributed by atoms with Crippen LogP contribution in [0.2, 0.25) is 0 Å². The number of hydrogen-bond donors (Lipinski definition) is 6. The molecule has 0 bridgehead atoms. The van der Waals surface area contributed by atoms with Crippen LogP contribution in [-0.2, 0) is 38.3 Å². The topological polar surface area (TPSA) is 267 Å². The van der Waals surface area contributed by atoms with Crippen LogP contribution in [0.4, 0.5) is 4.79 Å². The van der Waals surface area contributed by atoms with Crippen molar-refractivity contribution in [3.05, 3.63) is 60.2 Å². The molecule has 1 aromatic heterocycles. The van der Waals surface area contributed by atoms with Crippen LogP contribution in [0.5, 0.6) is 0 Å². The summed E-state index contributed by atoms with van der Waals surface area (Å²) in [7, 11) is 3.07. The zero-order valence-corrected chi connectivity index (χ0v) is 39.0. The number of amides is 8. The number of rotatable bonds is 20. The van der Waals surface area contributed by atoms with E-state index in [4.69, 9.17) is 4.74 Å². The highest BCUT2D eigenvalue weighted by Crippen LogP contribution is 2.27. The smallest absolute Gasteiger partial charge is 0.410 e. The lowest BCUT2D eigenvalue weighted by Crippen LogP contribution is -2.58. The summed E-state index contributed by atoms with van der Waals surface area (Å²) in [4.78, 5) is 132. The van der Waals surface area contributed by atoms with E-state index in [-0.39, 0.29) is 37.5 Å². The summed E-state index contributed by atoms with van der Waals surface area (Å²) in [6.45, 7) is 7.59. The predicted octanol–water partition coefficient (Wildman–Crippen LogP) is 1.71. The molecule has 2 heterocycles. The lowest BCUT2D eigenvalue weighted by atomic mass is 9.83. The van der Waals surface area contributed by atoms with E-state index in [1.807, 2.05) is 6.92 Å². The molecule has 6 N–H and O–H groups in total. The molecule has 360 valence electrons. The Morgan fingerprint density at radius 2 is 1.48 bits per heavy atom. The van der Waals surface area contributed by atoms with Crippen molar-refractivity contribution in [2.45, 2.75) is 128 Å². The van der Waals surface area contributed by atoms with Gasteiger partial charge < -0.3 is 46.4 Å². The van der Waals surface area contributed by atoms with Crippen molar-refractivity contribution in [3.8, 4) is 0 Å². The van der Waals surface area contributed by atoms with Gasteiger partial charge in [0.1, 0.15) is 29.4 Å². The first-order valence-electron chi connectivity index (χ1n) is 22.7. The molecule has 66 heavy (non-hydrogen) atoms. The van der Waals surface area contributed by atoms with Gasteiger partial charge in [-0.25, -0.2) is 9.78 Å². The minimum Gasteiger partial charge on any atom is -0.444 e. The lowest BCUT2D eigenvalue weighted by molar-refractivity contribution is -0.141.